The first-order valence-corrected chi connectivity index (χ1v) is 5.44. The van der Waals surface area contributed by atoms with Gasteiger partial charge in [0.25, 0.3) is 0 Å². The second-order valence-corrected chi connectivity index (χ2v) is 3.67. The molecule has 0 aromatic heterocycles. The normalized spacial score (nSPS) is 11.0. The summed E-state index contributed by atoms with van der Waals surface area (Å²) in [6, 6.07) is 0. The first-order valence-electron chi connectivity index (χ1n) is 3.80. The summed E-state index contributed by atoms with van der Waals surface area (Å²) in [6.45, 7) is 6.27. The molecular weight excluding hydrogens is 203 g/mol. The van der Waals surface area contributed by atoms with E-state index < -0.39 is 9.05 Å². The summed E-state index contributed by atoms with van der Waals surface area (Å²) >= 11 is 0. The zero-order valence-corrected chi connectivity index (χ0v) is 12.4. The number of hydrogen-bond donors (Lipinski definition) is 0. The molecule has 0 fully saturated rings. The van der Waals surface area contributed by atoms with Crippen molar-refractivity contribution in [1.29, 1.82) is 0 Å². The quantitative estimate of drug-likeness (QED) is 0.443. The standard InChI is InChI=1S/C6H15O4Si.K/c1-4-8-11(7,9-5-2)10-6-3;/h4-6H2,1-3H3;/q-1;+1. The van der Waals surface area contributed by atoms with Crippen LogP contribution in [0.25, 0.3) is 0 Å². The van der Waals surface area contributed by atoms with E-state index >= 15 is 0 Å². The Balaban J connectivity index is 0. The second-order valence-electron chi connectivity index (χ2n) is 1.80. The third-order valence-corrected chi connectivity index (χ3v) is 2.89. The molecule has 0 aliphatic rings. The largest absolute Gasteiger partial charge is 1.00 e. The molecule has 0 aliphatic heterocycles. The molecule has 0 unspecified atom stereocenters. The molecule has 0 aromatic rings. The fourth-order valence-corrected chi connectivity index (χ4v) is 1.97. The van der Waals surface area contributed by atoms with Gasteiger partial charge in [-0.15, -0.1) is 0 Å². The van der Waals surface area contributed by atoms with Gasteiger partial charge in [0.2, 0.25) is 0 Å². The van der Waals surface area contributed by atoms with E-state index in [1.807, 2.05) is 0 Å². The van der Waals surface area contributed by atoms with Crippen LogP contribution in [0.15, 0.2) is 0 Å². The van der Waals surface area contributed by atoms with Crippen molar-refractivity contribution in [1.82, 2.24) is 0 Å². The van der Waals surface area contributed by atoms with Crippen molar-refractivity contribution in [3.8, 4) is 0 Å². The van der Waals surface area contributed by atoms with Gasteiger partial charge in [0, 0.05) is 19.8 Å². The molecule has 0 spiro atoms. The molecule has 0 saturated heterocycles. The van der Waals surface area contributed by atoms with E-state index in [2.05, 4.69) is 0 Å². The minimum Gasteiger partial charge on any atom is -0.793 e. The summed E-state index contributed by atoms with van der Waals surface area (Å²) in [5.41, 5.74) is 0. The Kier molecular flexibility index (Phi) is 12.4. The molecule has 0 saturated carbocycles. The summed E-state index contributed by atoms with van der Waals surface area (Å²) < 4.78 is 14.5. The Morgan fingerprint density at radius 3 is 1.33 bits per heavy atom. The third kappa shape index (κ3) is 7.13. The Hall–Kier alpha value is 1.69. The van der Waals surface area contributed by atoms with Crippen LogP contribution in [0, 0.1) is 0 Å². The summed E-state index contributed by atoms with van der Waals surface area (Å²) in [4.78, 5) is 11.4. The summed E-state index contributed by atoms with van der Waals surface area (Å²) in [5, 5.41) is 0. The van der Waals surface area contributed by atoms with Crippen LogP contribution in [0.2, 0.25) is 0 Å². The smallest absolute Gasteiger partial charge is 0.793 e. The van der Waals surface area contributed by atoms with Gasteiger partial charge in [-0.2, -0.15) is 0 Å². The van der Waals surface area contributed by atoms with Gasteiger partial charge in [-0.05, 0) is 20.8 Å². The van der Waals surface area contributed by atoms with Crippen LogP contribution in [-0.2, 0) is 13.3 Å². The van der Waals surface area contributed by atoms with Crippen molar-refractivity contribution in [3.05, 3.63) is 0 Å². The molecule has 12 heavy (non-hydrogen) atoms. The van der Waals surface area contributed by atoms with Gasteiger partial charge in [-0.1, -0.05) is 0 Å². The fourth-order valence-electron chi connectivity index (χ4n) is 0.655. The van der Waals surface area contributed by atoms with Crippen molar-refractivity contribution in [3.63, 3.8) is 0 Å². The van der Waals surface area contributed by atoms with Crippen LogP contribution in [0.3, 0.4) is 0 Å². The van der Waals surface area contributed by atoms with Crippen molar-refractivity contribution in [2.24, 2.45) is 0 Å². The van der Waals surface area contributed by atoms with Gasteiger partial charge in [-0.25, -0.2) is 0 Å². The Morgan fingerprint density at radius 1 is 0.917 bits per heavy atom. The molecule has 6 heteroatoms. The zero-order chi connectivity index (χ0) is 8.74. The van der Waals surface area contributed by atoms with E-state index in [4.69, 9.17) is 13.3 Å². The molecule has 0 amide bonds. The van der Waals surface area contributed by atoms with Gasteiger partial charge in [-0.3, -0.25) is 0 Å². The molecular formula is C6H15KO4Si. The SMILES string of the molecule is CCO[Si]([O-])(OCC)OCC.[K+]. The van der Waals surface area contributed by atoms with Gasteiger partial charge >= 0.3 is 60.4 Å². The van der Waals surface area contributed by atoms with Crippen LogP contribution < -0.4 is 56.2 Å². The summed E-state index contributed by atoms with van der Waals surface area (Å²) in [6.07, 6.45) is 0. The molecule has 0 aliphatic carbocycles. The van der Waals surface area contributed by atoms with E-state index in [0.29, 0.717) is 19.8 Å². The number of hydrogen-bond acceptors (Lipinski definition) is 4. The minimum atomic E-state index is -3.50. The van der Waals surface area contributed by atoms with E-state index in [9.17, 15) is 4.80 Å². The molecule has 0 bridgehead atoms. The monoisotopic (exact) mass is 218 g/mol. The van der Waals surface area contributed by atoms with Crippen molar-refractivity contribution in [2.75, 3.05) is 19.8 Å². The second kappa shape index (κ2) is 9.26. The van der Waals surface area contributed by atoms with Gasteiger partial charge in [0.15, 0.2) is 0 Å². The maximum Gasteiger partial charge on any atom is 1.00 e. The molecule has 0 aromatic carbocycles. The van der Waals surface area contributed by atoms with Crippen LogP contribution in [0.5, 0.6) is 0 Å². The molecule has 0 N–H and O–H groups in total. The van der Waals surface area contributed by atoms with Crippen LogP contribution >= 0.6 is 0 Å². The van der Waals surface area contributed by atoms with Crippen molar-refractivity contribution < 1.29 is 69.5 Å². The first-order chi connectivity index (χ1) is 5.18. The maximum absolute atomic E-state index is 11.4. The van der Waals surface area contributed by atoms with Gasteiger partial charge in [0.05, 0.1) is 0 Å². The van der Waals surface area contributed by atoms with E-state index in [-0.39, 0.29) is 51.4 Å². The maximum atomic E-state index is 11.4. The molecule has 4 nitrogen and oxygen atoms in total. The average molecular weight is 218 g/mol. The predicted molar refractivity (Wildman–Crippen MR) is 40.6 cm³/mol. The predicted octanol–water partition coefficient (Wildman–Crippen LogP) is -3.10. The summed E-state index contributed by atoms with van der Waals surface area (Å²) in [7, 11) is -3.50. The van der Waals surface area contributed by atoms with Gasteiger partial charge < -0.3 is 18.1 Å². The molecule has 68 valence electrons. The van der Waals surface area contributed by atoms with E-state index in [1.54, 1.807) is 20.8 Å². The summed E-state index contributed by atoms with van der Waals surface area (Å²) in [5.74, 6) is 0. The van der Waals surface area contributed by atoms with Crippen molar-refractivity contribution >= 4 is 9.05 Å². The van der Waals surface area contributed by atoms with E-state index in [1.165, 1.54) is 0 Å². The Morgan fingerprint density at radius 2 is 1.17 bits per heavy atom. The van der Waals surface area contributed by atoms with Crippen LogP contribution in [0.1, 0.15) is 20.8 Å². The topological polar surface area (TPSA) is 50.8 Å². The van der Waals surface area contributed by atoms with Crippen molar-refractivity contribution in [2.45, 2.75) is 20.8 Å². The first kappa shape index (κ1) is 16.1. The molecule has 0 radical (unpaired) electrons. The Labute approximate surface area is 117 Å². The third-order valence-electron chi connectivity index (χ3n) is 0.963. The molecule has 0 rings (SSSR count). The average Bonchev–Trinajstić information content (AvgIpc) is 1.88. The van der Waals surface area contributed by atoms with Gasteiger partial charge in [0.1, 0.15) is 0 Å². The number of rotatable bonds is 6. The van der Waals surface area contributed by atoms with Crippen LogP contribution in [-0.4, -0.2) is 28.9 Å². The zero-order valence-electron chi connectivity index (χ0n) is 8.25. The molecule has 0 heterocycles. The minimum absolute atomic E-state index is 0. The fraction of sp³-hybridized carbons (Fsp3) is 1.00. The van der Waals surface area contributed by atoms with E-state index in [0.717, 1.165) is 0 Å². The molecule has 0 atom stereocenters. The Bertz CT molecular complexity index is 86.5. The van der Waals surface area contributed by atoms with Crippen LogP contribution in [0.4, 0.5) is 0 Å².